The zero-order chi connectivity index (χ0) is 22.7. The third kappa shape index (κ3) is 4.74. The molecule has 0 aliphatic carbocycles. The minimum Gasteiger partial charge on any atom is -0.386 e. The maximum absolute atomic E-state index is 11.8. The summed E-state index contributed by atoms with van der Waals surface area (Å²) in [7, 11) is 0. The average molecular weight is 446 g/mol. The molecule has 6 rings (SSSR count). The average Bonchev–Trinajstić information content (AvgIpc) is 2.87. The van der Waals surface area contributed by atoms with E-state index in [1.54, 1.807) is 0 Å². The van der Waals surface area contributed by atoms with E-state index in [1.807, 2.05) is 66.7 Å². The maximum Gasteiger partial charge on any atom is 0.302 e. The lowest BCUT2D eigenvalue weighted by molar-refractivity contribution is -0.487. The van der Waals surface area contributed by atoms with Crippen LogP contribution >= 0.6 is 0 Å². The van der Waals surface area contributed by atoms with Crippen LogP contribution in [-0.4, -0.2) is 41.8 Å². The molecule has 1 N–H and O–H groups in total. The Kier molecular flexibility index (Phi) is 6.32. The van der Waals surface area contributed by atoms with Crippen LogP contribution in [0.25, 0.3) is 0 Å². The van der Waals surface area contributed by atoms with E-state index in [4.69, 9.17) is 14.2 Å². The quantitative estimate of drug-likeness (QED) is 0.552. The van der Waals surface area contributed by atoms with Crippen LogP contribution in [0.1, 0.15) is 29.7 Å². The largest absolute Gasteiger partial charge is 0.386 e. The SMILES string of the molecule is CC12COC([C@H]([C@@H](O)c3ccccc3)N(Cc3ccccc3)Cc3ccccc3)(OC1)OC2. The zero-order valence-corrected chi connectivity index (χ0v) is 19.0. The number of rotatable bonds is 8. The first-order valence-corrected chi connectivity index (χ1v) is 11.5. The fourth-order valence-electron chi connectivity index (χ4n) is 4.67. The third-order valence-corrected chi connectivity index (χ3v) is 6.52. The lowest BCUT2D eigenvalue weighted by atomic mass is 9.89. The van der Waals surface area contributed by atoms with Crippen LogP contribution in [0, 0.1) is 5.41 Å². The minimum atomic E-state index is -1.34. The van der Waals surface area contributed by atoms with Gasteiger partial charge in [-0.05, 0) is 16.7 Å². The lowest BCUT2D eigenvalue weighted by Crippen LogP contribution is -2.68. The number of aliphatic hydroxyl groups excluding tert-OH is 1. The Balaban J connectivity index is 1.56. The van der Waals surface area contributed by atoms with Gasteiger partial charge in [0.1, 0.15) is 12.1 Å². The summed E-state index contributed by atoms with van der Waals surface area (Å²) in [6, 6.07) is 29.7. The van der Waals surface area contributed by atoms with E-state index in [0.717, 1.165) is 16.7 Å². The van der Waals surface area contributed by atoms with Gasteiger partial charge in [-0.1, -0.05) is 97.9 Å². The summed E-state index contributed by atoms with van der Waals surface area (Å²) in [4.78, 5) is 2.22. The van der Waals surface area contributed by atoms with Crippen LogP contribution in [-0.2, 0) is 27.3 Å². The Morgan fingerprint density at radius 2 is 1.15 bits per heavy atom. The van der Waals surface area contributed by atoms with E-state index in [-0.39, 0.29) is 5.41 Å². The van der Waals surface area contributed by atoms with Crippen molar-refractivity contribution < 1.29 is 19.3 Å². The van der Waals surface area contributed by atoms with Crippen molar-refractivity contribution in [2.75, 3.05) is 19.8 Å². The van der Waals surface area contributed by atoms with Crippen molar-refractivity contribution in [3.8, 4) is 0 Å². The molecule has 2 atom stereocenters. The molecule has 5 nitrogen and oxygen atoms in total. The number of benzene rings is 3. The first-order chi connectivity index (χ1) is 16.1. The van der Waals surface area contributed by atoms with Gasteiger partial charge in [-0.3, -0.25) is 4.90 Å². The van der Waals surface area contributed by atoms with Gasteiger partial charge in [0.05, 0.1) is 19.8 Å². The predicted octanol–water partition coefficient (Wildman–Crippen LogP) is 4.53. The van der Waals surface area contributed by atoms with E-state index < -0.39 is 18.1 Å². The molecule has 0 unspecified atom stereocenters. The fourth-order valence-corrected chi connectivity index (χ4v) is 4.67. The van der Waals surface area contributed by atoms with Gasteiger partial charge >= 0.3 is 5.97 Å². The smallest absolute Gasteiger partial charge is 0.302 e. The second-order valence-corrected chi connectivity index (χ2v) is 9.46. The standard InChI is InChI=1S/C28H31NO4/c1-27-19-31-28(32-20-27,33-21-27)26(25(30)24-15-9-4-10-16-24)29(17-22-11-5-2-6-12-22)18-23-13-7-3-8-14-23/h2-16,25-26,30H,17-21H2,1H3/t25-,26-,27?,28?/m0/s1. The van der Waals surface area contributed by atoms with E-state index in [0.29, 0.717) is 32.9 Å². The highest BCUT2D eigenvalue weighted by atomic mass is 16.9. The van der Waals surface area contributed by atoms with Crippen molar-refractivity contribution in [3.63, 3.8) is 0 Å². The van der Waals surface area contributed by atoms with Gasteiger partial charge in [0.15, 0.2) is 0 Å². The Morgan fingerprint density at radius 3 is 1.61 bits per heavy atom. The molecule has 0 radical (unpaired) electrons. The highest BCUT2D eigenvalue weighted by Crippen LogP contribution is 2.45. The first kappa shape index (κ1) is 22.3. The number of aliphatic hydroxyl groups is 1. The van der Waals surface area contributed by atoms with E-state index in [1.165, 1.54) is 0 Å². The molecule has 3 heterocycles. The Hall–Kier alpha value is -2.54. The molecule has 33 heavy (non-hydrogen) atoms. The van der Waals surface area contributed by atoms with Gasteiger partial charge in [-0.15, -0.1) is 0 Å². The van der Waals surface area contributed by atoms with Crippen LogP contribution < -0.4 is 0 Å². The van der Waals surface area contributed by atoms with Crippen molar-refractivity contribution >= 4 is 0 Å². The second kappa shape index (κ2) is 9.37. The van der Waals surface area contributed by atoms with E-state index >= 15 is 0 Å². The molecule has 5 heteroatoms. The molecular weight excluding hydrogens is 414 g/mol. The number of hydrogen-bond acceptors (Lipinski definition) is 5. The highest BCUT2D eigenvalue weighted by Gasteiger charge is 2.58. The molecular formula is C28H31NO4. The number of nitrogens with zero attached hydrogens (tertiary/aromatic N) is 1. The molecule has 172 valence electrons. The van der Waals surface area contributed by atoms with Crippen molar-refractivity contribution in [1.82, 2.24) is 4.90 Å². The summed E-state index contributed by atoms with van der Waals surface area (Å²) in [5.41, 5.74) is 2.93. The van der Waals surface area contributed by atoms with Gasteiger partial charge in [0.25, 0.3) is 0 Å². The van der Waals surface area contributed by atoms with E-state index in [9.17, 15) is 5.11 Å². The van der Waals surface area contributed by atoms with Crippen LogP contribution in [0.2, 0.25) is 0 Å². The minimum absolute atomic E-state index is 0.159. The monoisotopic (exact) mass is 445 g/mol. The van der Waals surface area contributed by atoms with Gasteiger partial charge in [0, 0.05) is 18.5 Å². The van der Waals surface area contributed by atoms with Crippen LogP contribution in [0.5, 0.6) is 0 Å². The van der Waals surface area contributed by atoms with Crippen molar-refractivity contribution in [2.45, 2.75) is 38.1 Å². The molecule has 0 amide bonds. The van der Waals surface area contributed by atoms with Crippen LogP contribution in [0.4, 0.5) is 0 Å². The molecule has 3 fully saturated rings. The second-order valence-electron chi connectivity index (χ2n) is 9.46. The number of fused-ring (bicyclic) bond motifs is 3. The number of hydrogen-bond donors (Lipinski definition) is 1. The normalized spacial score (nSPS) is 26.3. The Morgan fingerprint density at radius 1 is 0.727 bits per heavy atom. The lowest BCUT2D eigenvalue weighted by Gasteiger charge is -2.55. The van der Waals surface area contributed by atoms with Crippen molar-refractivity contribution in [1.29, 1.82) is 0 Å². The molecule has 3 aromatic carbocycles. The summed E-state index contributed by atoms with van der Waals surface area (Å²) >= 11 is 0. The topological polar surface area (TPSA) is 51.2 Å². The van der Waals surface area contributed by atoms with Crippen molar-refractivity contribution in [2.24, 2.45) is 5.41 Å². The van der Waals surface area contributed by atoms with Gasteiger partial charge in [0.2, 0.25) is 0 Å². The molecule has 0 saturated carbocycles. The molecule has 0 aromatic heterocycles. The molecule has 3 aliphatic heterocycles. The Labute approximate surface area is 195 Å². The van der Waals surface area contributed by atoms with Crippen LogP contribution in [0.15, 0.2) is 91.0 Å². The van der Waals surface area contributed by atoms with Gasteiger partial charge < -0.3 is 19.3 Å². The predicted molar refractivity (Wildman–Crippen MR) is 126 cm³/mol. The van der Waals surface area contributed by atoms with Gasteiger partial charge in [-0.2, -0.15) is 0 Å². The molecule has 3 aliphatic rings. The molecule has 0 spiro atoms. The zero-order valence-electron chi connectivity index (χ0n) is 19.0. The molecule has 3 aromatic rings. The molecule has 2 bridgehead atoms. The highest BCUT2D eigenvalue weighted by molar-refractivity contribution is 5.22. The first-order valence-electron chi connectivity index (χ1n) is 11.5. The third-order valence-electron chi connectivity index (χ3n) is 6.52. The number of ether oxygens (including phenoxy) is 3. The summed E-state index contributed by atoms with van der Waals surface area (Å²) in [5.74, 6) is -1.34. The fraction of sp³-hybridized carbons (Fsp3) is 0.357. The van der Waals surface area contributed by atoms with Crippen LogP contribution in [0.3, 0.4) is 0 Å². The van der Waals surface area contributed by atoms with Crippen molar-refractivity contribution in [3.05, 3.63) is 108 Å². The summed E-state index contributed by atoms with van der Waals surface area (Å²) in [5, 5.41) is 11.8. The summed E-state index contributed by atoms with van der Waals surface area (Å²) in [6.45, 7) is 4.93. The maximum atomic E-state index is 11.8. The molecule has 3 saturated heterocycles. The summed E-state index contributed by atoms with van der Waals surface area (Å²) in [6.07, 6.45) is -0.874. The Bertz CT molecular complexity index is 962. The van der Waals surface area contributed by atoms with E-state index in [2.05, 4.69) is 36.1 Å². The van der Waals surface area contributed by atoms with Gasteiger partial charge in [-0.25, -0.2) is 0 Å². The summed E-state index contributed by atoms with van der Waals surface area (Å²) < 4.78 is 18.8.